The Morgan fingerprint density at radius 2 is 1.86 bits per heavy atom. The quantitative estimate of drug-likeness (QED) is 0.615. The van der Waals surface area contributed by atoms with Gasteiger partial charge in [-0.25, -0.2) is 0 Å². The zero-order valence-electron chi connectivity index (χ0n) is 17.9. The van der Waals surface area contributed by atoms with Gasteiger partial charge in [0.05, 0.1) is 11.4 Å². The van der Waals surface area contributed by atoms with Crippen molar-refractivity contribution in [2.24, 2.45) is 7.05 Å². The van der Waals surface area contributed by atoms with E-state index in [-0.39, 0.29) is 5.91 Å². The molecule has 2 aromatic heterocycles. The summed E-state index contributed by atoms with van der Waals surface area (Å²) in [5.41, 5.74) is 6.44. The van der Waals surface area contributed by atoms with E-state index in [9.17, 15) is 4.79 Å². The van der Waals surface area contributed by atoms with Crippen LogP contribution in [0, 0.1) is 13.8 Å². The number of hydrogen-bond acceptors (Lipinski definition) is 4. The van der Waals surface area contributed by atoms with Crippen LogP contribution < -0.4 is 5.32 Å². The third-order valence-electron chi connectivity index (χ3n) is 5.43. The summed E-state index contributed by atoms with van der Waals surface area (Å²) in [7, 11) is 1.90. The number of carbonyl (C=O) groups excluding carboxylic acids is 1. The summed E-state index contributed by atoms with van der Waals surface area (Å²) in [4.78, 5) is 15.0. The van der Waals surface area contributed by atoms with Crippen LogP contribution in [0.25, 0.3) is 11.3 Å². The van der Waals surface area contributed by atoms with Crippen LogP contribution in [0.1, 0.15) is 46.9 Å². The standard InChI is InChI=1S/C22H30N6O/c1-6-28(7-2)14-18-11-9-8-10-17(18)13-23-22(29)20-12-19(24-25-20)21-15(3)26-27(5)16(21)4/h8-12H,6-7,13-14H2,1-5H3,(H,23,29)(H,24,25). The first kappa shape index (κ1) is 20.8. The van der Waals surface area contributed by atoms with Crippen LogP contribution in [-0.4, -0.2) is 43.9 Å². The second kappa shape index (κ2) is 9.05. The minimum atomic E-state index is -0.166. The van der Waals surface area contributed by atoms with E-state index in [4.69, 9.17) is 0 Å². The Labute approximate surface area is 172 Å². The predicted molar refractivity (Wildman–Crippen MR) is 115 cm³/mol. The first-order valence-electron chi connectivity index (χ1n) is 10.1. The zero-order chi connectivity index (χ0) is 21.0. The van der Waals surface area contributed by atoms with Crippen LogP contribution in [0.5, 0.6) is 0 Å². The van der Waals surface area contributed by atoms with Gasteiger partial charge in [0.15, 0.2) is 0 Å². The number of nitrogens with one attached hydrogen (secondary N) is 2. The monoisotopic (exact) mass is 394 g/mol. The molecule has 29 heavy (non-hydrogen) atoms. The number of H-pyrrole nitrogens is 1. The maximum atomic E-state index is 12.7. The average molecular weight is 395 g/mol. The van der Waals surface area contributed by atoms with Gasteiger partial charge in [0.25, 0.3) is 5.91 Å². The van der Waals surface area contributed by atoms with Gasteiger partial charge in [-0.3, -0.25) is 19.5 Å². The first-order valence-corrected chi connectivity index (χ1v) is 10.1. The highest BCUT2D eigenvalue weighted by molar-refractivity contribution is 5.93. The minimum Gasteiger partial charge on any atom is -0.347 e. The van der Waals surface area contributed by atoms with Crippen LogP contribution in [0.2, 0.25) is 0 Å². The molecule has 0 fully saturated rings. The number of hydrogen-bond donors (Lipinski definition) is 2. The number of aryl methyl sites for hydroxylation is 2. The molecule has 0 atom stereocenters. The summed E-state index contributed by atoms with van der Waals surface area (Å²) in [6, 6.07) is 10.0. The minimum absolute atomic E-state index is 0.166. The van der Waals surface area contributed by atoms with Crippen molar-refractivity contribution in [2.75, 3.05) is 13.1 Å². The SMILES string of the molecule is CCN(CC)Cc1ccccc1CNC(=O)c1cc(-c2c(C)nn(C)c2C)n[nH]1. The van der Waals surface area contributed by atoms with Crippen molar-refractivity contribution in [3.8, 4) is 11.3 Å². The van der Waals surface area contributed by atoms with Crippen molar-refractivity contribution in [2.45, 2.75) is 40.8 Å². The van der Waals surface area contributed by atoms with E-state index < -0.39 is 0 Å². The van der Waals surface area contributed by atoms with Crippen LogP contribution in [0.4, 0.5) is 0 Å². The van der Waals surface area contributed by atoms with Gasteiger partial charge in [0.2, 0.25) is 0 Å². The summed E-state index contributed by atoms with van der Waals surface area (Å²) in [6.45, 7) is 11.6. The molecule has 0 aliphatic heterocycles. The molecule has 2 heterocycles. The lowest BCUT2D eigenvalue weighted by Crippen LogP contribution is -2.26. The Morgan fingerprint density at radius 3 is 2.48 bits per heavy atom. The molecule has 0 spiro atoms. The molecule has 0 saturated carbocycles. The summed E-state index contributed by atoms with van der Waals surface area (Å²) < 4.78 is 1.83. The van der Waals surface area contributed by atoms with E-state index in [1.165, 1.54) is 5.56 Å². The van der Waals surface area contributed by atoms with Crippen molar-refractivity contribution in [3.63, 3.8) is 0 Å². The van der Waals surface area contributed by atoms with Crippen LogP contribution in [0.15, 0.2) is 30.3 Å². The van der Waals surface area contributed by atoms with Crippen molar-refractivity contribution < 1.29 is 4.79 Å². The van der Waals surface area contributed by atoms with Gasteiger partial charge in [-0.15, -0.1) is 0 Å². The molecule has 154 valence electrons. The lowest BCUT2D eigenvalue weighted by molar-refractivity contribution is 0.0945. The zero-order valence-corrected chi connectivity index (χ0v) is 17.9. The van der Waals surface area contributed by atoms with E-state index in [1.807, 2.05) is 37.7 Å². The molecule has 0 radical (unpaired) electrons. The fourth-order valence-corrected chi connectivity index (χ4v) is 3.55. The smallest absolute Gasteiger partial charge is 0.269 e. The number of nitrogens with zero attached hydrogens (tertiary/aromatic N) is 4. The highest BCUT2D eigenvalue weighted by Gasteiger charge is 2.17. The van der Waals surface area contributed by atoms with E-state index in [0.29, 0.717) is 12.2 Å². The lowest BCUT2D eigenvalue weighted by Gasteiger charge is -2.20. The molecule has 0 bridgehead atoms. The summed E-state index contributed by atoms with van der Waals surface area (Å²) >= 11 is 0. The van der Waals surface area contributed by atoms with Crippen LogP contribution in [-0.2, 0) is 20.1 Å². The average Bonchev–Trinajstić information content (AvgIpc) is 3.29. The molecule has 0 aliphatic rings. The largest absolute Gasteiger partial charge is 0.347 e. The molecule has 3 aromatic rings. The molecule has 0 saturated heterocycles. The fourth-order valence-electron chi connectivity index (χ4n) is 3.55. The van der Waals surface area contributed by atoms with Gasteiger partial charge >= 0.3 is 0 Å². The van der Waals surface area contributed by atoms with E-state index in [0.717, 1.165) is 47.8 Å². The Bertz CT molecular complexity index is 983. The van der Waals surface area contributed by atoms with Gasteiger partial charge in [-0.05, 0) is 44.1 Å². The maximum absolute atomic E-state index is 12.7. The molecule has 1 amide bonds. The predicted octanol–water partition coefficient (Wildman–Crippen LogP) is 3.20. The third kappa shape index (κ3) is 4.56. The van der Waals surface area contributed by atoms with E-state index >= 15 is 0 Å². The number of aromatic nitrogens is 4. The van der Waals surface area contributed by atoms with Gasteiger partial charge in [0, 0.05) is 31.4 Å². The maximum Gasteiger partial charge on any atom is 0.269 e. The number of benzene rings is 1. The number of amides is 1. The van der Waals surface area contributed by atoms with Crippen LogP contribution in [0.3, 0.4) is 0 Å². The molecule has 7 heteroatoms. The fraction of sp³-hybridized carbons (Fsp3) is 0.409. The van der Waals surface area contributed by atoms with Crippen molar-refractivity contribution in [1.29, 1.82) is 0 Å². The molecule has 1 aromatic carbocycles. The molecule has 3 rings (SSSR count). The summed E-state index contributed by atoms with van der Waals surface area (Å²) in [6.07, 6.45) is 0. The van der Waals surface area contributed by atoms with Crippen LogP contribution >= 0.6 is 0 Å². The Hall–Kier alpha value is -2.93. The topological polar surface area (TPSA) is 78.8 Å². The van der Waals surface area contributed by atoms with Crippen molar-refractivity contribution in [3.05, 3.63) is 58.5 Å². The van der Waals surface area contributed by atoms with Crippen molar-refractivity contribution >= 4 is 5.91 Å². The van der Waals surface area contributed by atoms with Gasteiger partial charge < -0.3 is 5.32 Å². The second-order valence-corrected chi connectivity index (χ2v) is 7.25. The molecular formula is C22H30N6O. The number of aromatic amines is 1. The highest BCUT2D eigenvalue weighted by Crippen LogP contribution is 2.25. The number of rotatable bonds is 8. The Kier molecular flexibility index (Phi) is 6.49. The normalized spacial score (nSPS) is 11.2. The number of carbonyl (C=O) groups is 1. The third-order valence-corrected chi connectivity index (χ3v) is 5.43. The Balaban J connectivity index is 1.70. The molecule has 0 unspecified atom stereocenters. The van der Waals surface area contributed by atoms with E-state index in [1.54, 1.807) is 6.07 Å². The van der Waals surface area contributed by atoms with Gasteiger partial charge in [-0.1, -0.05) is 38.1 Å². The van der Waals surface area contributed by atoms with E-state index in [2.05, 4.69) is 51.5 Å². The summed E-state index contributed by atoms with van der Waals surface area (Å²) in [5, 5.41) is 14.6. The molecule has 7 nitrogen and oxygen atoms in total. The first-order chi connectivity index (χ1) is 13.9. The van der Waals surface area contributed by atoms with Crippen molar-refractivity contribution in [1.82, 2.24) is 30.2 Å². The molecule has 0 aliphatic carbocycles. The Morgan fingerprint density at radius 1 is 1.17 bits per heavy atom. The van der Waals surface area contributed by atoms with Gasteiger partial charge in [-0.2, -0.15) is 10.2 Å². The second-order valence-electron chi connectivity index (χ2n) is 7.25. The summed E-state index contributed by atoms with van der Waals surface area (Å²) in [5.74, 6) is -0.166. The molecular weight excluding hydrogens is 364 g/mol. The van der Waals surface area contributed by atoms with Gasteiger partial charge in [0.1, 0.15) is 5.69 Å². The highest BCUT2D eigenvalue weighted by atomic mass is 16.1. The lowest BCUT2D eigenvalue weighted by atomic mass is 10.1. The molecule has 2 N–H and O–H groups in total.